The highest BCUT2D eigenvalue weighted by atomic mass is 19.1. The lowest BCUT2D eigenvalue weighted by Gasteiger charge is -2.22. The van der Waals surface area contributed by atoms with Gasteiger partial charge in [-0.2, -0.15) is 0 Å². The van der Waals surface area contributed by atoms with Crippen molar-refractivity contribution in [2.75, 3.05) is 11.9 Å². The number of carbonyl (C=O) groups is 1. The summed E-state index contributed by atoms with van der Waals surface area (Å²) in [6.45, 7) is 1.66. The van der Waals surface area contributed by atoms with Gasteiger partial charge in [0.1, 0.15) is 12.4 Å². The Morgan fingerprint density at radius 3 is 2.75 bits per heavy atom. The van der Waals surface area contributed by atoms with Crippen LogP contribution in [0.4, 0.5) is 10.1 Å². The fraction of sp³-hybridized carbons (Fsp3) is 0.438. The Balaban J connectivity index is 2.12. The second-order valence-electron chi connectivity index (χ2n) is 5.38. The molecule has 0 heterocycles. The van der Waals surface area contributed by atoms with Crippen LogP contribution >= 0.6 is 0 Å². The largest absolute Gasteiger partial charge is 0.384 e. The van der Waals surface area contributed by atoms with Gasteiger partial charge in [-0.05, 0) is 31.0 Å². The van der Waals surface area contributed by atoms with Crippen molar-refractivity contribution >= 4 is 11.6 Å². The molecule has 20 heavy (non-hydrogen) atoms. The molecule has 1 saturated carbocycles. The van der Waals surface area contributed by atoms with E-state index in [9.17, 15) is 9.18 Å². The molecule has 1 aliphatic rings. The number of rotatable bonds is 2. The first-order valence-corrected chi connectivity index (χ1v) is 6.76. The van der Waals surface area contributed by atoms with E-state index in [0.29, 0.717) is 5.56 Å². The van der Waals surface area contributed by atoms with Gasteiger partial charge in [0.05, 0.1) is 5.69 Å². The van der Waals surface area contributed by atoms with Gasteiger partial charge in [0.2, 0.25) is 5.91 Å². The fourth-order valence-electron chi connectivity index (χ4n) is 2.49. The third-order valence-corrected chi connectivity index (χ3v) is 3.78. The van der Waals surface area contributed by atoms with Crippen molar-refractivity contribution in [2.24, 2.45) is 5.41 Å². The van der Waals surface area contributed by atoms with Crippen molar-refractivity contribution < 1.29 is 14.3 Å². The summed E-state index contributed by atoms with van der Waals surface area (Å²) >= 11 is 0. The van der Waals surface area contributed by atoms with Gasteiger partial charge >= 0.3 is 0 Å². The Hall–Kier alpha value is -1.86. The van der Waals surface area contributed by atoms with Crippen molar-refractivity contribution in [1.82, 2.24) is 0 Å². The van der Waals surface area contributed by atoms with Crippen molar-refractivity contribution in [3.8, 4) is 11.8 Å². The Morgan fingerprint density at radius 1 is 1.45 bits per heavy atom. The van der Waals surface area contributed by atoms with Crippen LogP contribution in [0, 0.1) is 23.1 Å². The summed E-state index contributed by atoms with van der Waals surface area (Å²) in [7, 11) is 0. The molecule has 0 bridgehead atoms. The average Bonchev–Trinajstić information content (AvgIpc) is 2.87. The van der Waals surface area contributed by atoms with E-state index >= 15 is 0 Å². The first kappa shape index (κ1) is 14.5. The van der Waals surface area contributed by atoms with E-state index in [1.165, 1.54) is 12.1 Å². The number of aliphatic hydroxyl groups is 1. The monoisotopic (exact) mass is 275 g/mol. The molecular formula is C16H18FNO2. The third-order valence-electron chi connectivity index (χ3n) is 3.78. The van der Waals surface area contributed by atoms with Crippen molar-refractivity contribution in [1.29, 1.82) is 0 Å². The maximum Gasteiger partial charge on any atom is 0.230 e. The van der Waals surface area contributed by atoms with Crippen LogP contribution in [0.25, 0.3) is 0 Å². The minimum absolute atomic E-state index is 0.122. The topological polar surface area (TPSA) is 49.3 Å². The Kier molecular flexibility index (Phi) is 4.41. The molecule has 1 aromatic rings. The van der Waals surface area contributed by atoms with Gasteiger partial charge in [0.15, 0.2) is 0 Å². The number of carbonyl (C=O) groups excluding carboxylic acids is 1. The molecule has 1 amide bonds. The Labute approximate surface area is 118 Å². The maximum atomic E-state index is 13.9. The van der Waals surface area contributed by atoms with E-state index in [-0.39, 0.29) is 23.6 Å². The molecule has 0 saturated heterocycles. The number of benzene rings is 1. The smallest absolute Gasteiger partial charge is 0.230 e. The van der Waals surface area contributed by atoms with Crippen LogP contribution in [-0.2, 0) is 4.79 Å². The first-order valence-electron chi connectivity index (χ1n) is 6.76. The van der Waals surface area contributed by atoms with Gasteiger partial charge < -0.3 is 10.4 Å². The minimum atomic E-state index is -0.510. The zero-order valence-corrected chi connectivity index (χ0v) is 11.5. The van der Waals surface area contributed by atoms with E-state index in [2.05, 4.69) is 17.2 Å². The molecule has 106 valence electrons. The molecule has 0 aliphatic heterocycles. The number of aliphatic hydroxyl groups excluding tert-OH is 1. The quantitative estimate of drug-likeness (QED) is 0.815. The SMILES string of the molecule is CC1(C(=O)Nc2ccc(C#CCO)cc2F)CCCC1. The molecule has 0 aromatic heterocycles. The first-order chi connectivity index (χ1) is 9.55. The number of hydrogen-bond donors (Lipinski definition) is 2. The molecule has 4 heteroatoms. The average molecular weight is 275 g/mol. The van der Waals surface area contributed by atoms with Crippen molar-refractivity contribution in [3.63, 3.8) is 0 Å². The predicted octanol–water partition coefficient (Wildman–Crippen LogP) is 2.69. The van der Waals surface area contributed by atoms with Crippen molar-refractivity contribution in [2.45, 2.75) is 32.6 Å². The van der Waals surface area contributed by atoms with Gasteiger partial charge in [-0.15, -0.1) is 0 Å². The van der Waals surface area contributed by atoms with Crippen LogP contribution in [0.15, 0.2) is 18.2 Å². The molecule has 2 rings (SSSR count). The lowest BCUT2D eigenvalue weighted by Crippen LogP contribution is -2.31. The fourth-order valence-corrected chi connectivity index (χ4v) is 2.49. The van der Waals surface area contributed by atoms with Crippen LogP contribution < -0.4 is 5.32 Å². The van der Waals surface area contributed by atoms with E-state index in [4.69, 9.17) is 5.11 Å². The molecular weight excluding hydrogens is 257 g/mol. The molecule has 3 nitrogen and oxygen atoms in total. The molecule has 0 spiro atoms. The number of nitrogens with one attached hydrogen (secondary N) is 1. The summed E-state index contributed by atoms with van der Waals surface area (Å²) in [4.78, 5) is 12.2. The van der Waals surface area contributed by atoms with Gasteiger partial charge in [-0.3, -0.25) is 4.79 Å². The summed E-state index contributed by atoms with van der Waals surface area (Å²) in [5.74, 6) is 4.45. The van der Waals surface area contributed by atoms with Crippen LogP contribution in [0.1, 0.15) is 38.2 Å². The number of anilines is 1. The highest BCUT2D eigenvalue weighted by Gasteiger charge is 2.36. The summed E-state index contributed by atoms with van der Waals surface area (Å²) in [5, 5.41) is 11.3. The number of hydrogen-bond acceptors (Lipinski definition) is 2. The predicted molar refractivity (Wildman–Crippen MR) is 75.6 cm³/mol. The second-order valence-corrected chi connectivity index (χ2v) is 5.38. The van der Waals surface area contributed by atoms with Crippen LogP contribution in [-0.4, -0.2) is 17.6 Å². The summed E-state index contributed by atoms with van der Waals surface area (Å²) in [5.41, 5.74) is 0.265. The highest BCUT2D eigenvalue weighted by molar-refractivity contribution is 5.95. The second kappa shape index (κ2) is 6.06. The molecule has 0 atom stereocenters. The van der Waals surface area contributed by atoms with Crippen LogP contribution in [0.5, 0.6) is 0 Å². The molecule has 1 aliphatic carbocycles. The van der Waals surface area contributed by atoms with Crippen LogP contribution in [0.3, 0.4) is 0 Å². The molecule has 0 unspecified atom stereocenters. The lowest BCUT2D eigenvalue weighted by atomic mass is 9.88. The highest BCUT2D eigenvalue weighted by Crippen LogP contribution is 2.38. The number of amides is 1. The summed E-state index contributed by atoms with van der Waals surface area (Å²) < 4.78 is 13.9. The molecule has 0 radical (unpaired) electrons. The molecule has 1 fully saturated rings. The minimum Gasteiger partial charge on any atom is -0.384 e. The standard InChI is InChI=1S/C16H18FNO2/c1-16(8-2-3-9-16)15(20)18-14-7-6-12(5-4-10-19)11-13(14)17/h6-7,11,19H,2-3,8-10H2,1H3,(H,18,20). The third kappa shape index (κ3) is 3.17. The van der Waals surface area contributed by atoms with Crippen LogP contribution in [0.2, 0.25) is 0 Å². The van der Waals surface area contributed by atoms with Crippen molar-refractivity contribution in [3.05, 3.63) is 29.6 Å². The summed E-state index contributed by atoms with van der Waals surface area (Å²) in [6.07, 6.45) is 3.78. The lowest BCUT2D eigenvalue weighted by molar-refractivity contribution is -0.124. The molecule has 1 aromatic carbocycles. The van der Waals surface area contributed by atoms with Gasteiger partial charge in [0, 0.05) is 11.0 Å². The van der Waals surface area contributed by atoms with Gasteiger partial charge in [-0.25, -0.2) is 4.39 Å². The van der Waals surface area contributed by atoms with Gasteiger partial charge in [0.25, 0.3) is 0 Å². The van der Waals surface area contributed by atoms with E-state index in [0.717, 1.165) is 25.7 Å². The normalized spacial score (nSPS) is 16.4. The van der Waals surface area contributed by atoms with E-state index < -0.39 is 5.82 Å². The van der Waals surface area contributed by atoms with Gasteiger partial charge in [-0.1, -0.05) is 31.6 Å². The van der Waals surface area contributed by atoms with E-state index in [1.54, 1.807) is 6.07 Å². The molecule has 2 N–H and O–H groups in total. The van der Waals surface area contributed by atoms with E-state index in [1.807, 2.05) is 6.92 Å². The zero-order valence-electron chi connectivity index (χ0n) is 11.5. The maximum absolute atomic E-state index is 13.9. The Morgan fingerprint density at radius 2 is 2.15 bits per heavy atom. The zero-order chi connectivity index (χ0) is 14.6. The Bertz CT molecular complexity index is 566. The summed E-state index contributed by atoms with van der Waals surface area (Å²) in [6, 6.07) is 4.39. The number of halogens is 1.